The van der Waals surface area contributed by atoms with Gasteiger partial charge < -0.3 is 9.64 Å². The SMILES string of the molecule is COC1CCN(c2nc3ccccc3s2)CC1. The summed E-state index contributed by atoms with van der Waals surface area (Å²) in [6.07, 6.45) is 2.64. The van der Waals surface area contributed by atoms with E-state index in [4.69, 9.17) is 9.72 Å². The summed E-state index contributed by atoms with van der Waals surface area (Å²) in [6.45, 7) is 2.11. The second-order valence-electron chi connectivity index (χ2n) is 4.39. The predicted octanol–water partition coefficient (Wildman–Crippen LogP) is 2.91. The van der Waals surface area contributed by atoms with Crippen LogP contribution in [-0.2, 0) is 4.74 Å². The number of methoxy groups -OCH3 is 1. The van der Waals surface area contributed by atoms with Crippen LogP contribution < -0.4 is 4.90 Å². The fourth-order valence-electron chi connectivity index (χ4n) is 2.28. The summed E-state index contributed by atoms with van der Waals surface area (Å²) in [5.74, 6) is 0. The van der Waals surface area contributed by atoms with Crippen molar-refractivity contribution in [2.45, 2.75) is 18.9 Å². The van der Waals surface area contributed by atoms with Gasteiger partial charge in [-0.2, -0.15) is 0 Å². The van der Waals surface area contributed by atoms with Crippen molar-refractivity contribution < 1.29 is 4.74 Å². The molecule has 0 spiro atoms. The van der Waals surface area contributed by atoms with Gasteiger partial charge in [-0.25, -0.2) is 4.98 Å². The molecule has 0 radical (unpaired) electrons. The first kappa shape index (κ1) is 11.0. The van der Waals surface area contributed by atoms with E-state index in [0.29, 0.717) is 6.10 Å². The summed E-state index contributed by atoms with van der Waals surface area (Å²) in [7, 11) is 1.80. The van der Waals surface area contributed by atoms with E-state index < -0.39 is 0 Å². The summed E-state index contributed by atoms with van der Waals surface area (Å²) in [4.78, 5) is 7.07. The van der Waals surface area contributed by atoms with E-state index in [1.807, 2.05) is 6.07 Å². The number of piperidine rings is 1. The average molecular weight is 248 g/mol. The van der Waals surface area contributed by atoms with E-state index in [1.54, 1.807) is 18.4 Å². The molecule has 0 bridgehead atoms. The number of anilines is 1. The number of fused-ring (bicyclic) bond motifs is 1. The highest BCUT2D eigenvalue weighted by Gasteiger charge is 2.20. The molecule has 0 aliphatic carbocycles. The lowest BCUT2D eigenvalue weighted by Crippen LogP contribution is -2.36. The molecule has 0 unspecified atom stereocenters. The molecule has 0 N–H and O–H groups in total. The van der Waals surface area contributed by atoms with Crippen LogP contribution in [0.15, 0.2) is 24.3 Å². The second kappa shape index (κ2) is 4.63. The van der Waals surface area contributed by atoms with Crippen LogP contribution in [0.2, 0.25) is 0 Å². The number of para-hydroxylation sites is 1. The highest BCUT2D eigenvalue weighted by molar-refractivity contribution is 7.22. The smallest absolute Gasteiger partial charge is 0.186 e. The van der Waals surface area contributed by atoms with Gasteiger partial charge in [-0.15, -0.1) is 0 Å². The van der Waals surface area contributed by atoms with E-state index in [2.05, 4.69) is 23.1 Å². The van der Waals surface area contributed by atoms with Crippen LogP contribution in [0, 0.1) is 0 Å². The third-order valence-corrected chi connectivity index (χ3v) is 4.43. The zero-order chi connectivity index (χ0) is 11.7. The van der Waals surface area contributed by atoms with Crippen LogP contribution in [0.5, 0.6) is 0 Å². The number of ether oxygens (including phenoxy) is 1. The van der Waals surface area contributed by atoms with Gasteiger partial charge in [-0.3, -0.25) is 0 Å². The number of nitrogens with zero attached hydrogens (tertiary/aromatic N) is 2. The number of aromatic nitrogens is 1. The number of benzene rings is 1. The molecule has 1 fully saturated rings. The quantitative estimate of drug-likeness (QED) is 0.817. The molecule has 3 rings (SSSR count). The molecule has 1 aliphatic rings. The van der Waals surface area contributed by atoms with E-state index in [9.17, 15) is 0 Å². The van der Waals surface area contributed by atoms with Gasteiger partial charge in [0.1, 0.15) is 0 Å². The van der Waals surface area contributed by atoms with Crippen LogP contribution in [0.1, 0.15) is 12.8 Å². The first-order valence-electron chi connectivity index (χ1n) is 6.00. The van der Waals surface area contributed by atoms with Gasteiger partial charge >= 0.3 is 0 Å². The molecule has 2 heterocycles. The van der Waals surface area contributed by atoms with Crippen LogP contribution >= 0.6 is 11.3 Å². The lowest BCUT2D eigenvalue weighted by Gasteiger charge is -2.30. The van der Waals surface area contributed by atoms with Crippen molar-refractivity contribution in [2.75, 3.05) is 25.1 Å². The Balaban J connectivity index is 1.80. The maximum atomic E-state index is 5.39. The third-order valence-electron chi connectivity index (χ3n) is 3.33. The van der Waals surface area contributed by atoms with Gasteiger partial charge in [-0.1, -0.05) is 23.5 Å². The molecule has 1 aliphatic heterocycles. The van der Waals surface area contributed by atoms with Crippen molar-refractivity contribution in [2.24, 2.45) is 0 Å². The Kier molecular flexibility index (Phi) is 2.99. The molecule has 2 aromatic rings. The van der Waals surface area contributed by atoms with Crippen molar-refractivity contribution in [1.82, 2.24) is 4.98 Å². The molecule has 0 saturated carbocycles. The highest BCUT2D eigenvalue weighted by atomic mass is 32.1. The first-order chi connectivity index (χ1) is 8.36. The van der Waals surface area contributed by atoms with Gasteiger partial charge in [0.2, 0.25) is 0 Å². The molecular formula is C13H16N2OS. The summed E-state index contributed by atoms with van der Waals surface area (Å²) in [5, 5.41) is 1.15. The molecule has 4 heteroatoms. The standard InChI is InChI=1S/C13H16N2OS/c1-16-10-6-8-15(9-7-10)13-14-11-4-2-3-5-12(11)17-13/h2-5,10H,6-9H2,1H3. The van der Waals surface area contributed by atoms with Crippen molar-refractivity contribution in [1.29, 1.82) is 0 Å². The van der Waals surface area contributed by atoms with Crippen molar-refractivity contribution in [3.05, 3.63) is 24.3 Å². The van der Waals surface area contributed by atoms with E-state index in [1.165, 1.54) is 4.70 Å². The molecule has 90 valence electrons. The molecule has 0 amide bonds. The number of thiazole rings is 1. The van der Waals surface area contributed by atoms with Crippen molar-refractivity contribution in [3.63, 3.8) is 0 Å². The average Bonchev–Trinajstić information content (AvgIpc) is 2.82. The summed E-state index contributed by atoms with van der Waals surface area (Å²) < 4.78 is 6.66. The molecular weight excluding hydrogens is 232 g/mol. The van der Waals surface area contributed by atoms with Gasteiger partial charge in [0.15, 0.2) is 5.13 Å². The molecule has 1 saturated heterocycles. The predicted molar refractivity (Wildman–Crippen MR) is 71.9 cm³/mol. The van der Waals surface area contributed by atoms with E-state index >= 15 is 0 Å². The fourth-order valence-corrected chi connectivity index (χ4v) is 3.30. The molecule has 17 heavy (non-hydrogen) atoms. The first-order valence-corrected chi connectivity index (χ1v) is 6.82. The molecule has 1 aromatic heterocycles. The van der Waals surface area contributed by atoms with Gasteiger partial charge in [0.05, 0.1) is 16.3 Å². The number of rotatable bonds is 2. The normalized spacial score (nSPS) is 17.8. The Morgan fingerprint density at radius 3 is 2.76 bits per heavy atom. The highest BCUT2D eigenvalue weighted by Crippen LogP contribution is 2.30. The minimum Gasteiger partial charge on any atom is -0.381 e. The number of hydrogen-bond acceptors (Lipinski definition) is 4. The van der Waals surface area contributed by atoms with Crippen molar-refractivity contribution in [3.8, 4) is 0 Å². The second-order valence-corrected chi connectivity index (χ2v) is 5.40. The van der Waals surface area contributed by atoms with E-state index in [0.717, 1.165) is 36.6 Å². The molecule has 1 aromatic carbocycles. The molecule has 3 nitrogen and oxygen atoms in total. The van der Waals surface area contributed by atoms with E-state index in [-0.39, 0.29) is 0 Å². The van der Waals surface area contributed by atoms with Gasteiger partial charge in [-0.05, 0) is 25.0 Å². The summed E-state index contributed by atoms with van der Waals surface area (Å²) >= 11 is 1.79. The Bertz CT molecular complexity index is 470. The fraction of sp³-hybridized carbons (Fsp3) is 0.462. The zero-order valence-corrected chi connectivity index (χ0v) is 10.7. The topological polar surface area (TPSA) is 25.4 Å². The van der Waals surface area contributed by atoms with Gasteiger partial charge in [0.25, 0.3) is 0 Å². The Hall–Kier alpha value is -1.13. The summed E-state index contributed by atoms with van der Waals surface area (Å²) in [6, 6.07) is 8.33. The maximum Gasteiger partial charge on any atom is 0.186 e. The van der Waals surface area contributed by atoms with Crippen molar-refractivity contribution >= 4 is 26.7 Å². The Morgan fingerprint density at radius 1 is 1.29 bits per heavy atom. The van der Waals surface area contributed by atoms with Crippen LogP contribution in [-0.4, -0.2) is 31.3 Å². The lowest BCUT2D eigenvalue weighted by atomic mass is 10.1. The third kappa shape index (κ3) is 2.15. The Morgan fingerprint density at radius 2 is 2.06 bits per heavy atom. The largest absolute Gasteiger partial charge is 0.381 e. The Labute approximate surface area is 105 Å². The van der Waals surface area contributed by atoms with Crippen LogP contribution in [0.25, 0.3) is 10.2 Å². The maximum absolute atomic E-state index is 5.39. The minimum atomic E-state index is 0.431. The number of hydrogen-bond donors (Lipinski definition) is 0. The summed E-state index contributed by atoms with van der Waals surface area (Å²) in [5.41, 5.74) is 1.11. The molecule has 0 atom stereocenters. The van der Waals surface area contributed by atoms with Crippen LogP contribution in [0.4, 0.5) is 5.13 Å². The lowest BCUT2D eigenvalue weighted by molar-refractivity contribution is 0.0819. The van der Waals surface area contributed by atoms with Gasteiger partial charge in [0, 0.05) is 20.2 Å². The minimum absolute atomic E-state index is 0.431. The van der Waals surface area contributed by atoms with Crippen LogP contribution in [0.3, 0.4) is 0 Å². The monoisotopic (exact) mass is 248 g/mol. The zero-order valence-electron chi connectivity index (χ0n) is 9.93.